The van der Waals surface area contributed by atoms with E-state index >= 15 is 0 Å². The van der Waals surface area contributed by atoms with Gasteiger partial charge in [0.15, 0.2) is 34.6 Å². The van der Waals surface area contributed by atoms with Crippen molar-refractivity contribution in [2.75, 3.05) is 0 Å². The van der Waals surface area contributed by atoms with E-state index in [0.717, 1.165) is 116 Å². The molecule has 131 heavy (non-hydrogen) atoms. The monoisotopic (exact) mass is 1840 g/mol. The summed E-state index contributed by atoms with van der Waals surface area (Å²) in [7, 11) is 0. The van der Waals surface area contributed by atoms with E-state index in [1.165, 1.54) is 65.8 Å². The van der Waals surface area contributed by atoms with Crippen molar-refractivity contribution in [2.24, 2.45) is 0 Å². The summed E-state index contributed by atoms with van der Waals surface area (Å²) in [4.78, 5) is 45.3. The second-order valence-electron chi connectivity index (χ2n) is 31.5. The lowest BCUT2D eigenvalue weighted by Crippen LogP contribution is -2.37. The van der Waals surface area contributed by atoms with E-state index in [1.807, 2.05) is 158 Å². The highest BCUT2D eigenvalue weighted by Gasteiger charge is 2.32. The number of nitrogens with zero attached hydrogens (tertiary/aromatic N) is 2. The number of aromatic nitrogens is 2. The summed E-state index contributed by atoms with van der Waals surface area (Å²) in [6, 6.07) is 81.1. The Kier molecular flexibility index (Phi) is 30.6. The molecule has 0 amide bonds. The summed E-state index contributed by atoms with van der Waals surface area (Å²) < 4.78 is 83.6. The van der Waals surface area contributed by atoms with E-state index in [4.69, 9.17) is 104 Å². The maximum atomic E-state index is 13.3. The fourth-order valence-electron chi connectivity index (χ4n) is 14.0. The van der Waals surface area contributed by atoms with Crippen molar-refractivity contribution in [1.82, 2.24) is 10.3 Å². The summed E-state index contributed by atoms with van der Waals surface area (Å²) in [5.74, 6) is 1.93. The quantitative estimate of drug-likeness (QED) is 0.0326. The molecule has 0 unspecified atom stereocenters. The number of fused-ring (bicyclic) bond motifs is 4. The van der Waals surface area contributed by atoms with Crippen molar-refractivity contribution < 1.29 is 95.3 Å². The third kappa shape index (κ3) is 24.1. The van der Waals surface area contributed by atoms with Crippen LogP contribution in [0.2, 0.25) is 20.1 Å². The van der Waals surface area contributed by atoms with Crippen LogP contribution >= 0.6 is 46.4 Å². The Hall–Kier alpha value is -14.2. The van der Waals surface area contributed by atoms with Gasteiger partial charge in [0.25, 0.3) is 0 Å². The second-order valence-corrected chi connectivity index (χ2v) is 33.2. The van der Waals surface area contributed by atoms with Gasteiger partial charge in [-0.3, -0.25) is 0 Å². The minimum Gasteiger partial charge on any atom is -0.479 e. The molecule has 0 saturated carbocycles. The number of halogens is 6. The van der Waals surface area contributed by atoms with Crippen LogP contribution in [0.25, 0.3) is 88.3 Å². The predicted octanol–water partition coefficient (Wildman–Crippen LogP) is 29.1. The number of hydrogen-bond donors (Lipinski definition) is 4. The molecule has 0 aliphatic carbocycles. The molecule has 670 valence electrons. The van der Waals surface area contributed by atoms with Crippen LogP contribution in [0.1, 0.15) is 98.3 Å². The number of aryl methyl sites for hydroxylation is 3. The van der Waals surface area contributed by atoms with Gasteiger partial charge in [-0.25, -0.2) is 28.0 Å². The molecule has 0 spiro atoms. The Bertz CT molecular complexity index is 6590. The standard InChI is InChI=1S/C29H27FO4.C26H21FO4.2C25H21Cl2NO5/c1-4-6-21-17-20(10-16-27(21)33-23-14-11-22(30)12-15-23)25-8-5-7-19-9-13-24(18-26(19)25)34-29(2,3)28(31)32;1-26(2,25(28)29)31-22-13-8-17-4-3-5-23(24(17)16-22)18-6-11-20(12-7-18)30-21-14-9-19(27)10-15-21;2*1-3-4-15-11-18(32-17-7-5-16(26)6-8-17)9-10-19(15)24-20-12-23(31-14(2)25(29)30)21(27)13-22(20)33-28-24/h5,7-18H,4,6H2,1-3H3,(H,31,32);3-16H,1-2H3,(H,28,29);2*5-14H,3-4H2,1-2H3,(H,29,30)/t;;2*14-/m..10/s1. The Balaban J connectivity index is 0.000000149. The Morgan fingerprint density at radius 3 is 1.11 bits per heavy atom. The maximum absolute atomic E-state index is 13.3. The third-order valence-electron chi connectivity index (χ3n) is 20.8. The van der Waals surface area contributed by atoms with Crippen molar-refractivity contribution >= 4 is 114 Å². The highest BCUT2D eigenvalue weighted by molar-refractivity contribution is 6.33. The molecule has 4 N–H and O–H groups in total. The molecular weight excluding hydrogens is 1760 g/mol. The summed E-state index contributed by atoms with van der Waals surface area (Å²) in [6.45, 7) is 15.3. The Morgan fingerprint density at radius 2 is 0.710 bits per heavy atom. The average Bonchev–Trinajstić information content (AvgIpc) is 1.03. The summed E-state index contributed by atoms with van der Waals surface area (Å²) >= 11 is 24.4. The topological polar surface area (TPSA) is 275 Å². The molecule has 16 aromatic rings. The predicted molar refractivity (Wildman–Crippen MR) is 506 cm³/mol. The molecule has 0 fully saturated rings. The van der Waals surface area contributed by atoms with Crippen molar-refractivity contribution in [3.8, 4) is 114 Å². The van der Waals surface area contributed by atoms with E-state index in [0.29, 0.717) is 95.1 Å². The summed E-state index contributed by atoms with van der Waals surface area (Å²) in [6.07, 6.45) is 3.11. The van der Waals surface area contributed by atoms with Crippen LogP contribution in [0, 0.1) is 11.6 Å². The van der Waals surface area contributed by atoms with Crippen LogP contribution in [-0.4, -0.2) is 78.0 Å². The van der Waals surface area contributed by atoms with Gasteiger partial charge in [0.05, 0.1) is 20.8 Å². The molecule has 2 atom stereocenters. The van der Waals surface area contributed by atoms with Crippen LogP contribution in [-0.2, 0) is 38.4 Å². The number of carboxylic acids is 4. The number of carbonyl (C=O) groups is 4. The smallest absolute Gasteiger partial charge is 0.347 e. The van der Waals surface area contributed by atoms with E-state index in [2.05, 4.69) is 37.2 Å². The molecule has 26 heteroatoms. The molecule has 16 rings (SSSR count). The van der Waals surface area contributed by atoms with Gasteiger partial charge in [0.2, 0.25) is 0 Å². The molecule has 0 aliphatic heterocycles. The van der Waals surface area contributed by atoms with Crippen LogP contribution in [0.3, 0.4) is 0 Å². The summed E-state index contributed by atoms with van der Waals surface area (Å²) in [5, 5.41) is 52.7. The number of ether oxygens (including phenoxy) is 8. The van der Waals surface area contributed by atoms with Crippen LogP contribution in [0.5, 0.6) is 69.0 Å². The number of benzene rings is 14. The van der Waals surface area contributed by atoms with Gasteiger partial charge in [-0.2, -0.15) is 0 Å². The molecule has 0 bridgehead atoms. The van der Waals surface area contributed by atoms with Gasteiger partial charge in [0, 0.05) is 33.3 Å². The van der Waals surface area contributed by atoms with Crippen molar-refractivity contribution in [3.05, 3.63) is 321 Å². The second kappa shape index (κ2) is 42.4. The van der Waals surface area contributed by atoms with Gasteiger partial charge in [-0.15, -0.1) is 0 Å². The third-order valence-corrected chi connectivity index (χ3v) is 21.9. The lowest BCUT2D eigenvalue weighted by molar-refractivity contribution is -0.152. The zero-order valence-corrected chi connectivity index (χ0v) is 75.6. The highest BCUT2D eigenvalue weighted by atomic mass is 35.5. The molecule has 2 aromatic heterocycles. The molecule has 0 radical (unpaired) electrons. The highest BCUT2D eigenvalue weighted by Crippen LogP contribution is 2.44. The largest absolute Gasteiger partial charge is 0.479 e. The molecule has 2 heterocycles. The minimum atomic E-state index is -1.34. The zero-order chi connectivity index (χ0) is 93.4. The first kappa shape index (κ1) is 94.5. The van der Waals surface area contributed by atoms with E-state index in [9.17, 15) is 38.2 Å². The van der Waals surface area contributed by atoms with Crippen LogP contribution in [0.4, 0.5) is 8.78 Å². The first-order chi connectivity index (χ1) is 62.8. The van der Waals surface area contributed by atoms with Crippen LogP contribution in [0.15, 0.2) is 282 Å². The average molecular weight is 1850 g/mol. The Morgan fingerprint density at radius 1 is 0.359 bits per heavy atom. The van der Waals surface area contributed by atoms with Gasteiger partial charge in [0.1, 0.15) is 92.0 Å². The van der Waals surface area contributed by atoms with Crippen molar-refractivity contribution in [3.63, 3.8) is 0 Å². The van der Waals surface area contributed by atoms with Gasteiger partial charge in [-0.1, -0.05) is 163 Å². The lowest BCUT2D eigenvalue weighted by Gasteiger charge is -2.22. The molecule has 14 aromatic carbocycles. The van der Waals surface area contributed by atoms with E-state index < -0.39 is 47.3 Å². The number of aliphatic carboxylic acids is 4. The fourth-order valence-corrected chi connectivity index (χ4v) is 14.6. The van der Waals surface area contributed by atoms with Gasteiger partial charge < -0.3 is 67.4 Å². The Labute approximate surface area is 773 Å². The molecule has 0 aliphatic rings. The fraction of sp³-hybridized carbons (Fsp3) is 0.181. The van der Waals surface area contributed by atoms with Gasteiger partial charge in [-0.05, 0) is 315 Å². The first-order valence-electron chi connectivity index (χ1n) is 41.9. The molecule has 20 nitrogen and oxygen atoms in total. The lowest BCUT2D eigenvalue weighted by atomic mass is 9.95. The normalized spacial score (nSPS) is 11.7. The first-order valence-corrected chi connectivity index (χ1v) is 43.4. The van der Waals surface area contributed by atoms with E-state index in [-0.39, 0.29) is 33.2 Å². The minimum absolute atomic E-state index is 0.249. The number of carboxylic acid groups (broad SMARTS) is 4. The number of rotatable bonds is 30. The number of hydrogen-bond acceptors (Lipinski definition) is 16. The van der Waals surface area contributed by atoms with Crippen molar-refractivity contribution in [1.29, 1.82) is 0 Å². The SMILES string of the molecule is CC(C)(Oc1ccc2cccc(-c3ccc(Oc4ccc(F)cc4)cc3)c2c1)C(=O)O.CCCc1cc(-c2cccc3ccc(OC(C)(C)C(=O)O)cc23)ccc1Oc1ccc(F)cc1.CCCc1cc(Oc2ccc(Cl)cc2)ccc1-c1noc2cc(Cl)c(O[C@@H](C)C(=O)O)cc12.CCCc1cc(Oc2ccc(Cl)cc2)ccc1-c1noc2cc(Cl)c(O[C@H](C)C(=O)O)cc12. The van der Waals surface area contributed by atoms with Gasteiger partial charge >= 0.3 is 23.9 Å². The summed E-state index contributed by atoms with van der Waals surface area (Å²) in [5.41, 5.74) is 8.45. The van der Waals surface area contributed by atoms with Crippen LogP contribution < -0.4 is 37.9 Å². The molecular formula is C105H90Cl4F2N2O18. The van der Waals surface area contributed by atoms with E-state index in [1.54, 1.807) is 84.9 Å². The van der Waals surface area contributed by atoms with Crippen molar-refractivity contribution in [2.45, 2.75) is 124 Å². The molecule has 0 saturated heterocycles. The maximum Gasteiger partial charge on any atom is 0.347 e. The zero-order valence-electron chi connectivity index (χ0n) is 72.5.